The highest BCUT2D eigenvalue weighted by Gasteiger charge is 2.10. The van der Waals surface area contributed by atoms with Crippen molar-refractivity contribution in [2.24, 2.45) is 0 Å². The lowest BCUT2D eigenvalue weighted by molar-refractivity contribution is 0.565. The van der Waals surface area contributed by atoms with Gasteiger partial charge in [-0.25, -0.2) is 8.78 Å². The number of hydrogen-bond donors (Lipinski definition) is 1. The van der Waals surface area contributed by atoms with Crippen LogP contribution in [0.1, 0.15) is 11.3 Å². The third-order valence-electron chi connectivity index (χ3n) is 3.14. The molecule has 0 fully saturated rings. The largest absolute Gasteiger partial charge is 0.207 e. The second kappa shape index (κ2) is 6.58. The highest BCUT2D eigenvalue weighted by atomic mass is 32.2. The number of nitrogens with zero attached hydrogens (tertiary/aromatic N) is 3. The molecule has 4 nitrogen and oxygen atoms in total. The fourth-order valence-electron chi connectivity index (χ4n) is 2.07. The van der Waals surface area contributed by atoms with E-state index in [1.54, 1.807) is 0 Å². The number of H-pyrrole nitrogens is 1. The van der Waals surface area contributed by atoms with E-state index in [4.69, 9.17) is 5.26 Å². The third-order valence-corrected chi connectivity index (χ3v) is 4.26. The predicted molar refractivity (Wildman–Crippen MR) is 82.5 cm³/mol. The molecule has 0 unspecified atom stereocenters. The van der Waals surface area contributed by atoms with Gasteiger partial charge in [-0.3, -0.25) is 0 Å². The van der Waals surface area contributed by atoms with Crippen LogP contribution in [0.25, 0.3) is 11.3 Å². The van der Waals surface area contributed by atoms with Gasteiger partial charge in [0, 0.05) is 22.3 Å². The van der Waals surface area contributed by atoms with Crippen LogP contribution in [0.3, 0.4) is 0 Å². The molecule has 2 aromatic carbocycles. The zero-order chi connectivity index (χ0) is 16.2. The van der Waals surface area contributed by atoms with Gasteiger partial charge in [-0.2, -0.15) is 15.6 Å². The first-order chi connectivity index (χ1) is 11.2. The average Bonchev–Trinajstić information content (AvgIpc) is 3.03. The minimum absolute atomic E-state index is 0.222. The summed E-state index contributed by atoms with van der Waals surface area (Å²) in [4.78, 5) is 0.385. The van der Waals surface area contributed by atoms with E-state index in [1.165, 1.54) is 23.9 Å². The predicted octanol–water partition coefficient (Wildman–Crippen LogP) is 3.91. The molecule has 0 spiro atoms. The molecular weight excluding hydrogens is 318 g/mol. The van der Waals surface area contributed by atoms with Gasteiger partial charge in [-0.15, -0.1) is 16.9 Å². The highest BCUT2D eigenvalue weighted by molar-refractivity contribution is 7.98. The van der Waals surface area contributed by atoms with Gasteiger partial charge >= 0.3 is 0 Å². The molecule has 0 amide bonds. The lowest BCUT2D eigenvalue weighted by Gasteiger charge is -2.05. The molecule has 1 aromatic heterocycles. The molecule has 0 saturated heterocycles. The third kappa shape index (κ3) is 3.38. The van der Waals surface area contributed by atoms with Crippen LogP contribution in [-0.2, 0) is 5.75 Å². The molecule has 0 aliphatic heterocycles. The summed E-state index contributed by atoms with van der Waals surface area (Å²) >= 11 is 1.27. The normalized spacial score (nSPS) is 10.5. The number of nitrogens with one attached hydrogen (secondary N) is 1. The summed E-state index contributed by atoms with van der Waals surface area (Å²) in [5, 5.41) is 19.2. The van der Waals surface area contributed by atoms with Crippen molar-refractivity contribution >= 4 is 11.8 Å². The fourth-order valence-corrected chi connectivity index (χ4v) is 2.93. The van der Waals surface area contributed by atoms with E-state index < -0.39 is 11.6 Å². The molecular formula is C16H10F2N4S. The SMILES string of the molecule is N#Cc1n[nH]nc1-c1cccc(CSc2ccc(F)cc2F)c1. The molecule has 0 aliphatic rings. The number of hydrogen-bond acceptors (Lipinski definition) is 4. The number of aromatic amines is 1. The molecule has 23 heavy (non-hydrogen) atoms. The van der Waals surface area contributed by atoms with Gasteiger partial charge in [-0.1, -0.05) is 18.2 Å². The van der Waals surface area contributed by atoms with E-state index >= 15 is 0 Å². The van der Waals surface area contributed by atoms with E-state index in [9.17, 15) is 8.78 Å². The Kier molecular flexibility index (Phi) is 4.35. The van der Waals surface area contributed by atoms with Crippen LogP contribution in [-0.4, -0.2) is 15.4 Å². The van der Waals surface area contributed by atoms with Gasteiger partial charge in [0.2, 0.25) is 0 Å². The van der Waals surface area contributed by atoms with Gasteiger partial charge < -0.3 is 0 Å². The van der Waals surface area contributed by atoms with Gasteiger partial charge in [-0.05, 0) is 23.8 Å². The Balaban J connectivity index is 1.79. The van der Waals surface area contributed by atoms with Crippen molar-refractivity contribution < 1.29 is 8.78 Å². The molecule has 3 rings (SSSR count). The van der Waals surface area contributed by atoms with Crippen molar-refractivity contribution in [2.45, 2.75) is 10.6 Å². The summed E-state index contributed by atoms with van der Waals surface area (Å²) in [6, 6.07) is 12.9. The number of halogens is 2. The van der Waals surface area contributed by atoms with Crippen molar-refractivity contribution in [3.05, 3.63) is 65.4 Å². The van der Waals surface area contributed by atoms with E-state index in [-0.39, 0.29) is 5.69 Å². The Morgan fingerprint density at radius 2 is 2.00 bits per heavy atom. The molecule has 1 N–H and O–H groups in total. The van der Waals surface area contributed by atoms with E-state index in [0.29, 0.717) is 16.3 Å². The molecule has 7 heteroatoms. The number of nitriles is 1. The minimum atomic E-state index is -0.594. The molecule has 1 heterocycles. The molecule has 0 aliphatic carbocycles. The Morgan fingerprint density at radius 3 is 2.78 bits per heavy atom. The van der Waals surface area contributed by atoms with Crippen molar-refractivity contribution in [1.82, 2.24) is 15.4 Å². The Bertz CT molecular complexity index is 886. The van der Waals surface area contributed by atoms with Gasteiger partial charge in [0.15, 0.2) is 5.69 Å². The first-order valence-corrected chi connectivity index (χ1v) is 7.64. The number of benzene rings is 2. The molecule has 0 atom stereocenters. The second-order valence-corrected chi connectivity index (χ2v) is 5.71. The number of thioether (sulfide) groups is 1. The number of rotatable bonds is 4. The summed E-state index contributed by atoms with van der Waals surface area (Å²) in [6.07, 6.45) is 0. The quantitative estimate of drug-likeness (QED) is 0.737. The van der Waals surface area contributed by atoms with Crippen LogP contribution in [0, 0.1) is 23.0 Å². The molecule has 0 radical (unpaired) electrons. The monoisotopic (exact) mass is 328 g/mol. The standard InChI is InChI=1S/C16H10F2N4S/c17-12-4-5-15(13(18)7-12)23-9-10-2-1-3-11(6-10)16-14(8-19)20-22-21-16/h1-7H,9H2,(H,20,21,22). The maximum absolute atomic E-state index is 13.6. The fraction of sp³-hybridized carbons (Fsp3) is 0.0625. The zero-order valence-electron chi connectivity index (χ0n) is 11.8. The zero-order valence-corrected chi connectivity index (χ0v) is 12.6. The summed E-state index contributed by atoms with van der Waals surface area (Å²) in [5.74, 6) is -0.658. The van der Waals surface area contributed by atoms with Crippen LogP contribution in [0.2, 0.25) is 0 Å². The second-order valence-electron chi connectivity index (χ2n) is 4.70. The van der Waals surface area contributed by atoms with Gasteiger partial charge in [0.1, 0.15) is 23.4 Å². The maximum Gasteiger partial charge on any atom is 0.190 e. The lowest BCUT2D eigenvalue weighted by Crippen LogP contribution is -1.88. The van der Waals surface area contributed by atoms with Crippen molar-refractivity contribution in [2.75, 3.05) is 0 Å². The highest BCUT2D eigenvalue weighted by Crippen LogP contribution is 2.28. The van der Waals surface area contributed by atoms with Gasteiger partial charge in [0.05, 0.1) is 0 Å². The van der Waals surface area contributed by atoms with Crippen molar-refractivity contribution in [3.8, 4) is 17.3 Å². The van der Waals surface area contributed by atoms with E-state index in [1.807, 2.05) is 30.3 Å². The summed E-state index contributed by atoms with van der Waals surface area (Å²) in [7, 11) is 0. The van der Waals surface area contributed by atoms with E-state index in [0.717, 1.165) is 17.2 Å². The topological polar surface area (TPSA) is 65.4 Å². The van der Waals surface area contributed by atoms with Crippen LogP contribution >= 0.6 is 11.8 Å². The van der Waals surface area contributed by atoms with Crippen LogP contribution in [0.15, 0.2) is 47.4 Å². The smallest absolute Gasteiger partial charge is 0.190 e. The summed E-state index contributed by atoms with van der Waals surface area (Å²) in [6.45, 7) is 0. The molecule has 0 saturated carbocycles. The first-order valence-electron chi connectivity index (χ1n) is 6.65. The number of aromatic nitrogens is 3. The van der Waals surface area contributed by atoms with Crippen LogP contribution in [0.4, 0.5) is 8.78 Å². The van der Waals surface area contributed by atoms with Crippen molar-refractivity contribution in [1.29, 1.82) is 5.26 Å². The summed E-state index contributed by atoms with van der Waals surface area (Å²) in [5.41, 5.74) is 2.39. The van der Waals surface area contributed by atoms with Crippen molar-refractivity contribution in [3.63, 3.8) is 0 Å². The Morgan fingerprint density at radius 1 is 1.13 bits per heavy atom. The Labute approximate surface area is 135 Å². The molecule has 114 valence electrons. The average molecular weight is 328 g/mol. The van der Waals surface area contributed by atoms with Gasteiger partial charge in [0.25, 0.3) is 0 Å². The Hall–Kier alpha value is -2.72. The summed E-state index contributed by atoms with van der Waals surface area (Å²) < 4.78 is 26.5. The lowest BCUT2D eigenvalue weighted by atomic mass is 10.1. The van der Waals surface area contributed by atoms with Crippen LogP contribution in [0.5, 0.6) is 0 Å². The maximum atomic E-state index is 13.6. The van der Waals surface area contributed by atoms with Crippen LogP contribution < -0.4 is 0 Å². The first kappa shape index (κ1) is 15.2. The molecule has 3 aromatic rings. The van der Waals surface area contributed by atoms with E-state index in [2.05, 4.69) is 15.4 Å². The minimum Gasteiger partial charge on any atom is -0.207 e. The molecule has 0 bridgehead atoms.